The van der Waals surface area contributed by atoms with Crippen LogP contribution in [-0.2, 0) is 11.2 Å². The highest BCUT2D eigenvalue weighted by molar-refractivity contribution is 5.76. The summed E-state index contributed by atoms with van der Waals surface area (Å²) in [5.41, 5.74) is 8.29. The minimum absolute atomic E-state index is 0.0185. The first-order valence-electron chi connectivity index (χ1n) is 6.05. The fourth-order valence-corrected chi connectivity index (χ4v) is 2.79. The topological polar surface area (TPSA) is 63.3 Å². The molecular weight excluding hydrogens is 214 g/mol. The third-order valence-electron chi connectivity index (χ3n) is 3.94. The molecule has 1 atom stereocenters. The van der Waals surface area contributed by atoms with Crippen LogP contribution in [-0.4, -0.2) is 11.1 Å². The Bertz CT molecular complexity index is 452. The maximum atomic E-state index is 11.4. The maximum Gasteiger partial charge on any atom is 0.309 e. The van der Waals surface area contributed by atoms with Crippen molar-refractivity contribution in [3.63, 3.8) is 0 Å². The summed E-state index contributed by atoms with van der Waals surface area (Å²) in [6.45, 7) is 3.59. The van der Waals surface area contributed by atoms with Gasteiger partial charge in [-0.3, -0.25) is 4.79 Å². The van der Waals surface area contributed by atoms with Crippen molar-refractivity contribution in [2.24, 2.45) is 5.41 Å². The van der Waals surface area contributed by atoms with Gasteiger partial charge in [0.25, 0.3) is 0 Å². The number of carboxylic acid groups (broad SMARTS) is 1. The molecule has 1 aromatic rings. The monoisotopic (exact) mass is 233 g/mol. The van der Waals surface area contributed by atoms with Crippen molar-refractivity contribution in [3.05, 3.63) is 29.3 Å². The molecule has 3 heteroatoms. The first-order chi connectivity index (χ1) is 7.94. The summed E-state index contributed by atoms with van der Waals surface area (Å²) in [5.74, 6) is -0.733. The standard InChI is InChI=1S/C14H19NO2/c1-14(2,13(16)17)10-7-3-5-9-6-4-8-11(15)12(9)10/h4,6,8,10H,3,5,7,15H2,1-2H3,(H,16,17). The van der Waals surface area contributed by atoms with Crippen molar-refractivity contribution in [3.8, 4) is 0 Å². The predicted octanol–water partition coefficient (Wildman–Crippen LogP) is 2.80. The average molecular weight is 233 g/mol. The minimum Gasteiger partial charge on any atom is -0.481 e. The van der Waals surface area contributed by atoms with E-state index >= 15 is 0 Å². The quantitative estimate of drug-likeness (QED) is 0.772. The zero-order valence-electron chi connectivity index (χ0n) is 10.4. The molecule has 3 nitrogen and oxygen atoms in total. The normalized spacial score (nSPS) is 19.8. The van der Waals surface area contributed by atoms with Gasteiger partial charge in [0.1, 0.15) is 0 Å². The van der Waals surface area contributed by atoms with Crippen LogP contribution in [0.5, 0.6) is 0 Å². The second-order valence-corrected chi connectivity index (χ2v) is 5.39. The number of nitrogen functional groups attached to an aromatic ring is 1. The average Bonchev–Trinajstić information content (AvgIpc) is 2.28. The lowest BCUT2D eigenvalue weighted by Crippen LogP contribution is -2.34. The van der Waals surface area contributed by atoms with E-state index in [4.69, 9.17) is 5.73 Å². The lowest BCUT2D eigenvalue weighted by Gasteiger charge is -2.36. The molecule has 0 aliphatic heterocycles. The Morgan fingerprint density at radius 2 is 2.18 bits per heavy atom. The lowest BCUT2D eigenvalue weighted by molar-refractivity contribution is -0.148. The van der Waals surface area contributed by atoms with Gasteiger partial charge in [0.2, 0.25) is 0 Å². The van der Waals surface area contributed by atoms with Gasteiger partial charge in [-0.15, -0.1) is 0 Å². The number of carboxylic acids is 1. The van der Waals surface area contributed by atoms with Gasteiger partial charge in [0.05, 0.1) is 5.41 Å². The van der Waals surface area contributed by atoms with Crippen molar-refractivity contribution in [1.29, 1.82) is 0 Å². The molecule has 1 unspecified atom stereocenters. The van der Waals surface area contributed by atoms with Crippen LogP contribution in [0.25, 0.3) is 0 Å². The van der Waals surface area contributed by atoms with Gasteiger partial charge in [-0.05, 0) is 50.3 Å². The van der Waals surface area contributed by atoms with E-state index in [9.17, 15) is 9.90 Å². The number of rotatable bonds is 2. The van der Waals surface area contributed by atoms with E-state index in [-0.39, 0.29) is 5.92 Å². The number of carbonyl (C=O) groups is 1. The van der Waals surface area contributed by atoms with Crippen molar-refractivity contribution >= 4 is 11.7 Å². The van der Waals surface area contributed by atoms with E-state index < -0.39 is 11.4 Å². The van der Waals surface area contributed by atoms with Gasteiger partial charge in [0.15, 0.2) is 0 Å². The number of aliphatic carboxylic acids is 1. The molecule has 0 bridgehead atoms. The van der Waals surface area contributed by atoms with E-state index in [2.05, 4.69) is 6.07 Å². The molecule has 0 amide bonds. The second-order valence-electron chi connectivity index (χ2n) is 5.39. The number of fused-ring (bicyclic) bond motifs is 1. The van der Waals surface area contributed by atoms with E-state index in [0.29, 0.717) is 0 Å². The second kappa shape index (κ2) is 4.06. The largest absolute Gasteiger partial charge is 0.481 e. The van der Waals surface area contributed by atoms with Gasteiger partial charge in [-0.25, -0.2) is 0 Å². The zero-order valence-corrected chi connectivity index (χ0v) is 10.4. The van der Waals surface area contributed by atoms with E-state index in [1.54, 1.807) is 13.8 Å². The van der Waals surface area contributed by atoms with Crippen LogP contribution in [0.4, 0.5) is 5.69 Å². The summed E-state index contributed by atoms with van der Waals surface area (Å²) in [6, 6.07) is 5.88. The SMILES string of the molecule is CC(C)(C(=O)O)C1CCCc2cccc(N)c21. The third-order valence-corrected chi connectivity index (χ3v) is 3.94. The molecule has 0 fully saturated rings. The first kappa shape index (κ1) is 12.0. The molecule has 92 valence electrons. The minimum atomic E-state index is -0.759. The van der Waals surface area contributed by atoms with Crippen LogP contribution >= 0.6 is 0 Å². The van der Waals surface area contributed by atoms with E-state index in [1.807, 2.05) is 12.1 Å². The summed E-state index contributed by atoms with van der Waals surface area (Å²) >= 11 is 0. The highest BCUT2D eigenvalue weighted by Crippen LogP contribution is 2.46. The van der Waals surface area contributed by atoms with Crippen LogP contribution < -0.4 is 5.73 Å². The molecule has 0 saturated heterocycles. The smallest absolute Gasteiger partial charge is 0.309 e. The van der Waals surface area contributed by atoms with E-state index in [0.717, 1.165) is 30.5 Å². The summed E-state index contributed by atoms with van der Waals surface area (Å²) < 4.78 is 0. The molecule has 1 aromatic carbocycles. The Hall–Kier alpha value is -1.51. The fourth-order valence-electron chi connectivity index (χ4n) is 2.79. The Kier molecular flexibility index (Phi) is 2.86. The van der Waals surface area contributed by atoms with Crippen LogP contribution in [0, 0.1) is 5.41 Å². The predicted molar refractivity (Wildman–Crippen MR) is 68.0 cm³/mol. The number of benzene rings is 1. The van der Waals surface area contributed by atoms with Crippen molar-refractivity contribution in [2.45, 2.75) is 39.0 Å². The molecule has 17 heavy (non-hydrogen) atoms. The van der Waals surface area contributed by atoms with Crippen molar-refractivity contribution in [2.75, 3.05) is 5.73 Å². The van der Waals surface area contributed by atoms with Gasteiger partial charge in [-0.1, -0.05) is 12.1 Å². The molecule has 0 heterocycles. The summed E-state index contributed by atoms with van der Waals surface area (Å²) in [4.78, 5) is 11.4. The molecule has 1 aliphatic carbocycles. The van der Waals surface area contributed by atoms with Gasteiger partial charge in [0, 0.05) is 11.6 Å². The van der Waals surface area contributed by atoms with Crippen LogP contribution in [0.15, 0.2) is 18.2 Å². The molecular formula is C14H19NO2. The Morgan fingerprint density at radius 1 is 1.47 bits per heavy atom. The third kappa shape index (κ3) is 1.90. The number of aryl methyl sites for hydroxylation is 1. The van der Waals surface area contributed by atoms with E-state index in [1.165, 1.54) is 5.56 Å². The van der Waals surface area contributed by atoms with Gasteiger partial charge in [-0.2, -0.15) is 0 Å². The van der Waals surface area contributed by atoms with Crippen LogP contribution in [0.1, 0.15) is 43.7 Å². The molecule has 1 aliphatic rings. The zero-order chi connectivity index (χ0) is 12.6. The highest BCUT2D eigenvalue weighted by Gasteiger charge is 2.40. The Balaban J connectivity index is 2.51. The molecule has 0 spiro atoms. The number of nitrogens with two attached hydrogens (primary N) is 1. The highest BCUT2D eigenvalue weighted by atomic mass is 16.4. The molecule has 3 N–H and O–H groups in total. The van der Waals surface area contributed by atoms with Crippen LogP contribution in [0.3, 0.4) is 0 Å². The lowest BCUT2D eigenvalue weighted by atomic mass is 9.68. The number of hydrogen-bond acceptors (Lipinski definition) is 2. The summed E-state index contributed by atoms with van der Waals surface area (Å²) in [5, 5.41) is 9.37. The fraction of sp³-hybridized carbons (Fsp3) is 0.500. The first-order valence-corrected chi connectivity index (χ1v) is 6.05. The van der Waals surface area contributed by atoms with Crippen LogP contribution in [0.2, 0.25) is 0 Å². The Labute approximate surface area is 102 Å². The van der Waals surface area contributed by atoms with Crippen molar-refractivity contribution in [1.82, 2.24) is 0 Å². The Morgan fingerprint density at radius 3 is 2.82 bits per heavy atom. The molecule has 0 radical (unpaired) electrons. The molecule has 0 saturated carbocycles. The van der Waals surface area contributed by atoms with Crippen molar-refractivity contribution < 1.29 is 9.90 Å². The molecule has 2 rings (SSSR count). The number of hydrogen-bond donors (Lipinski definition) is 2. The maximum absolute atomic E-state index is 11.4. The van der Waals surface area contributed by atoms with Gasteiger partial charge < -0.3 is 10.8 Å². The number of anilines is 1. The summed E-state index contributed by atoms with van der Waals surface area (Å²) in [7, 11) is 0. The molecule has 0 aromatic heterocycles. The van der Waals surface area contributed by atoms with Gasteiger partial charge >= 0.3 is 5.97 Å². The summed E-state index contributed by atoms with van der Waals surface area (Å²) in [6.07, 6.45) is 2.95.